The van der Waals surface area contributed by atoms with E-state index in [1.165, 1.54) is 11.1 Å². The molecule has 2 atom stereocenters. The molecular formula is C16H17NOS. The molecule has 3 rings (SSSR count). The number of hydrogen-bond donors (Lipinski definition) is 1. The Morgan fingerprint density at radius 2 is 2.05 bits per heavy atom. The zero-order chi connectivity index (χ0) is 13.4. The number of benzene rings is 2. The van der Waals surface area contributed by atoms with Crippen molar-refractivity contribution in [3.8, 4) is 0 Å². The molecule has 2 aromatic rings. The van der Waals surface area contributed by atoms with Gasteiger partial charge in [0.2, 0.25) is 0 Å². The second-order valence-electron chi connectivity index (χ2n) is 5.14. The van der Waals surface area contributed by atoms with Crippen molar-refractivity contribution in [1.29, 1.82) is 0 Å². The summed E-state index contributed by atoms with van der Waals surface area (Å²) in [6, 6.07) is 14.0. The van der Waals surface area contributed by atoms with E-state index in [9.17, 15) is 4.21 Å². The van der Waals surface area contributed by atoms with Crippen molar-refractivity contribution in [2.75, 3.05) is 11.5 Å². The van der Waals surface area contributed by atoms with Crippen molar-refractivity contribution in [3.05, 3.63) is 59.2 Å². The number of fused-ring (bicyclic) bond motifs is 1. The first kappa shape index (κ1) is 12.4. The fourth-order valence-corrected chi connectivity index (χ4v) is 4.19. The van der Waals surface area contributed by atoms with Crippen LogP contribution in [0.25, 0.3) is 0 Å². The number of nitrogen functional groups attached to an aromatic ring is 1. The monoisotopic (exact) mass is 271 g/mol. The van der Waals surface area contributed by atoms with E-state index < -0.39 is 10.8 Å². The number of rotatable bonds is 3. The molecule has 0 saturated heterocycles. The van der Waals surface area contributed by atoms with E-state index in [-0.39, 0.29) is 0 Å². The van der Waals surface area contributed by atoms with Crippen LogP contribution in [-0.4, -0.2) is 9.96 Å². The molecule has 0 amide bonds. The van der Waals surface area contributed by atoms with E-state index in [2.05, 4.69) is 24.3 Å². The minimum Gasteiger partial charge on any atom is -0.399 e. The van der Waals surface area contributed by atoms with Gasteiger partial charge in [-0.25, -0.2) is 0 Å². The molecule has 2 unspecified atom stereocenters. The highest BCUT2D eigenvalue weighted by Gasteiger charge is 2.27. The lowest BCUT2D eigenvalue weighted by atomic mass is 9.79. The maximum Gasteiger partial charge on any atom is 0.0538 e. The Labute approximate surface area is 116 Å². The van der Waals surface area contributed by atoms with Gasteiger partial charge in [-0.2, -0.15) is 0 Å². The average molecular weight is 271 g/mol. The minimum absolute atomic E-state index is 0.439. The third-order valence-electron chi connectivity index (χ3n) is 3.76. The maximum atomic E-state index is 12.5. The first-order valence-corrected chi connectivity index (χ1v) is 7.79. The van der Waals surface area contributed by atoms with Gasteiger partial charge in [0.1, 0.15) is 0 Å². The van der Waals surface area contributed by atoms with Crippen molar-refractivity contribution in [1.82, 2.24) is 0 Å². The van der Waals surface area contributed by atoms with Gasteiger partial charge in [0.25, 0.3) is 0 Å². The van der Waals surface area contributed by atoms with Crippen LogP contribution in [0.5, 0.6) is 0 Å². The second-order valence-corrected chi connectivity index (χ2v) is 6.60. The summed E-state index contributed by atoms with van der Waals surface area (Å²) < 4.78 is 12.5. The highest BCUT2D eigenvalue weighted by molar-refractivity contribution is 7.85. The number of anilines is 1. The predicted molar refractivity (Wildman–Crippen MR) is 79.8 cm³/mol. The van der Waals surface area contributed by atoms with E-state index in [1.807, 2.05) is 25.1 Å². The van der Waals surface area contributed by atoms with E-state index in [1.54, 1.807) is 0 Å². The zero-order valence-electron chi connectivity index (χ0n) is 10.9. The van der Waals surface area contributed by atoms with Crippen molar-refractivity contribution in [2.45, 2.75) is 24.2 Å². The number of aryl methyl sites for hydroxylation is 1. The van der Waals surface area contributed by atoms with Crippen molar-refractivity contribution in [2.24, 2.45) is 0 Å². The summed E-state index contributed by atoms with van der Waals surface area (Å²) in [6.07, 6.45) is 1.05. The van der Waals surface area contributed by atoms with Gasteiger partial charge < -0.3 is 5.73 Å². The molecule has 1 aliphatic rings. The summed E-state index contributed by atoms with van der Waals surface area (Å²) in [5, 5.41) is 0. The van der Waals surface area contributed by atoms with E-state index in [0.29, 0.717) is 11.7 Å². The third-order valence-corrected chi connectivity index (χ3v) is 5.41. The van der Waals surface area contributed by atoms with Crippen LogP contribution >= 0.6 is 0 Å². The Morgan fingerprint density at radius 1 is 1.26 bits per heavy atom. The topological polar surface area (TPSA) is 43.1 Å². The summed E-state index contributed by atoms with van der Waals surface area (Å²) in [5.41, 5.74) is 10.2. The van der Waals surface area contributed by atoms with E-state index >= 15 is 0 Å². The summed E-state index contributed by atoms with van der Waals surface area (Å²) in [4.78, 5) is 0.915. The molecule has 0 heterocycles. The van der Waals surface area contributed by atoms with Crippen LogP contribution in [0.3, 0.4) is 0 Å². The number of hydrogen-bond acceptors (Lipinski definition) is 2. The van der Waals surface area contributed by atoms with Crippen molar-refractivity contribution >= 4 is 16.5 Å². The third kappa shape index (κ3) is 2.30. The Hall–Kier alpha value is -1.61. The second kappa shape index (κ2) is 4.82. The molecule has 3 heteroatoms. The van der Waals surface area contributed by atoms with Crippen LogP contribution in [0.1, 0.15) is 22.6 Å². The smallest absolute Gasteiger partial charge is 0.0538 e. The Kier molecular flexibility index (Phi) is 3.15. The molecule has 0 fully saturated rings. The molecule has 19 heavy (non-hydrogen) atoms. The molecule has 0 aliphatic heterocycles. The molecule has 0 bridgehead atoms. The molecular weight excluding hydrogens is 254 g/mol. The van der Waals surface area contributed by atoms with Crippen LogP contribution in [0.15, 0.2) is 47.4 Å². The van der Waals surface area contributed by atoms with E-state index in [4.69, 9.17) is 5.73 Å². The summed E-state index contributed by atoms with van der Waals surface area (Å²) in [5.74, 6) is 1.15. The highest BCUT2D eigenvalue weighted by atomic mass is 32.2. The minimum atomic E-state index is -0.945. The van der Waals surface area contributed by atoms with Crippen molar-refractivity contribution < 1.29 is 4.21 Å². The molecule has 2 aromatic carbocycles. The fraction of sp³-hybridized carbons (Fsp3) is 0.250. The van der Waals surface area contributed by atoms with Crippen LogP contribution in [0.2, 0.25) is 0 Å². The lowest BCUT2D eigenvalue weighted by molar-refractivity contribution is 0.644. The molecule has 0 aromatic heterocycles. The van der Waals surface area contributed by atoms with Gasteiger partial charge in [0.15, 0.2) is 0 Å². The fourth-order valence-electron chi connectivity index (χ4n) is 2.71. The Balaban J connectivity index is 1.77. The van der Waals surface area contributed by atoms with Gasteiger partial charge in [-0.05, 0) is 48.2 Å². The SMILES string of the molecule is Cc1cc(N)ccc1S(=O)CC1Cc2ccccc21. The highest BCUT2D eigenvalue weighted by Crippen LogP contribution is 2.36. The Morgan fingerprint density at radius 3 is 2.79 bits per heavy atom. The predicted octanol–water partition coefficient (Wildman–Crippen LogP) is 3.02. The standard InChI is InChI=1S/C16H17NOS/c1-11-8-14(17)6-7-16(11)19(18)10-13-9-12-4-2-3-5-15(12)13/h2-8,13H,9-10,17H2,1H3. The normalized spacial score (nSPS) is 18.5. The van der Waals surface area contributed by atoms with Crippen LogP contribution < -0.4 is 5.73 Å². The number of nitrogens with two attached hydrogens (primary N) is 1. The van der Waals surface area contributed by atoms with Crippen LogP contribution in [-0.2, 0) is 17.2 Å². The van der Waals surface area contributed by atoms with Crippen LogP contribution in [0, 0.1) is 6.92 Å². The molecule has 2 nitrogen and oxygen atoms in total. The summed E-state index contributed by atoms with van der Waals surface area (Å²) >= 11 is 0. The lowest BCUT2D eigenvalue weighted by Crippen LogP contribution is -2.22. The molecule has 2 N–H and O–H groups in total. The summed E-state index contributed by atoms with van der Waals surface area (Å²) in [7, 11) is -0.945. The molecule has 0 saturated carbocycles. The summed E-state index contributed by atoms with van der Waals surface area (Å²) in [6.45, 7) is 1.97. The lowest BCUT2D eigenvalue weighted by Gasteiger charge is -2.29. The molecule has 0 spiro atoms. The van der Waals surface area contributed by atoms with Gasteiger partial charge in [-0.1, -0.05) is 24.3 Å². The van der Waals surface area contributed by atoms with Gasteiger partial charge in [0.05, 0.1) is 10.8 Å². The quantitative estimate of drug-likeness (QED) is 0.872. The van der Waals surface area contributed by atoms with Crippen LogP contribution in [0.4, 0.5) is 5.69 Å². The van der Waals surface area contributed by atoms with Gasteiger partial charge in [-0.3, -0.25) is 4.21 Å². The van der Waals surface area contributed by atoms with Crippen molar-refractivity contribution in [3.63, 3.8) is 0 Å². The maximum absolute atomic E-state index is 12.5. The van der Waals surface area contributed by atoms with Gasteiger partial charge in [0, 0.05) is 22.3 Å². The zero-order valence-corrected chi connectivity index (χ0v) is 11.7. The van der Waals surface area contributed by atoms with Gasteiger partial charge in [-0.15, -0.1) is 0 Å². The average Bonchev–Trinajstić information content (AvgIpc) is 2.35. The van der Waals surface area contributed by atoms with E-state index in [0.717, 1.165) is 22.6 Å². The molecule has 98 valence electrons. The first-order valence-electron chi connectivity index (χ1n) is 6.47. The van der Waals surface area contributed by atoms with Gasteiger partial charge >= 0.3 is 0 Å². The Bertz CT molecular complexity index is 651. The first-order chi connectivity index (χ1) is 9.15. The molecule has 0 radical (unpaired) electrons. The molecule has 1 aliphatic carbocycles. The largest absolute Gasteiger partial charge is 0.399 e.